The van der Waals surface area contributed by atoms with Gasteiger partial charge in [-0.2, -0.15) is 5.10 Å². The lowest BCUT2D eigenvalue weighted by molar-refractivity contribution is -0.116. The average Bonchev–Trinajstić information content (AvgIpc) is 2.99. The minimum absolute atomic E-state index is 0.153. The Kier molecular flexibility index (Phi) is 5.07. The molecule has 0 atom stereocenters. The molecule has 0 radical (unpaired) electrons. The third-order valence-electron chi connectivity index (χ3n) is 2.70. The second kappa shape index (κ2) is 7.22. The van der Waals surface area contributed by atoms with Crippen LogP contribution in [0.4, 0.5) is 10.1 Å². The van der Waals surface area contributed by atoms with Gasteiger partial charge in [0.15, 0.2) is 0 Å². The Bertz CT molecular complexity index is 671. The fourth-order valence-electron chi connectivity index (χ4n) is 1.72. The fraction of sp³-hybridized carbons (Fsp3) is 0.200. The van der Waals surface area contributed by atoms with E-state index >= 15 is 0 Å². The van der Waals surface area contributed by atoms with E-state index in [0.29, 0.717) is 12.2 Å². The summed E-state index contributed by atoms with van der Waals surface area (Å²) < 4.78 is 15.2. The molecule has 1 amide bonds. The molecule has 0 aliphatic carbocycles. The van der Waals surface area contributed by atoms with Crippen LogP contribution in [-0.2, 0) is 11.3 Å². The molecule has 1 heterocycles. The van der Waals surface area contributed by atoms with Crippen molar-refractivity contribution in [3.05, 3.63) is 48.0 Å². The van der Waals surface area contributed by atoms with E-state index in [1.54, 1.807) is 23.1 Å². The highest BCUT2D eigenvalue weighted by Crippen LogP contribution is 2.14. The molecule has 0 aliphatic heterocycles. The molecule has 0 spiro atoms. The average molecular weight is 286 g/mol. The minimum atomic E-state index is -0.439. The molecular weight excluding hydrogens is 271 g/mol. The van der Waals surface area contributed by atoms with E-state index in [-0.39, 0.29) is 24.4 Å². The van der Waals surface area contributed by atoms with Crippen LogP contribution in [0.1, 0.15) is 12.0 Å². The van der Waals surface area contributed by atoms with Gasteiger partial charge in [0, 0.05) is 31.0 Å². The largest absolute Gasteiger partial charge is 0.326 e. The lowest BCUT2D eigenvalue weighted by Crippen LogP contribution is -2.14. The summed E-state index contributed by atoms with van der Waals surface area (Å²) in [5, 5.41) is 6.71. The van der Waals surface area contributed by atoms with Crippen LogP contribution >= 0.6 is 0 Å². The van der Waals surface area contributed by atoms with Gasteiger partial charge in [0.2, 0.25) is 5.91 Å². The molecule has 108 valence electrons. The highest BCUT2D eigenvalue weighted by molar-refractivity contribution is 5.90. The van der Waals surface area contributed by atoms with Crippen LogP contribution < -0.4 is 11.1 Å². The van der Waals surface area contributed by atoms with E-state index in [9.17, 15) is 9.18 Å². The first-order chi connectivity index (χ1) is 10.2. The number of rotatable bonds is 4. The predicted octanol–water partition coefficient (Wildman–Crippen LogP) is 1.36. The molecule has 0 saturated carbocycles. The van der Waals surface area contributed by atoms with Gasteiger partial charge in [-0.25, -0.2) is 4.39 Å². The number of aryl methyl sites for hydroxylation is 1. The Labute approximate surface area is 122 Å². The van der Waals surface area contributed by atoms with Crippen molar-refractivity contribution in [2.45, 2.75) is 13.0 Å². The van der Waals surface area contributed by atoms with Crippen LogP contribution in [0.2, 0.25) is 0 Å². The third kappa shape index (κ3) is 4.44. The van der Waals surface area contributed by atoms with Crippen molar-refractivity contribution in [1.29, 1.82) is 0 Å². The van der Waals surface area contributed by atoms with E-state index in [1.165, 1.54) is 18.2 Å². The highest BCUT2D eigenvalue weighted by Gasteiger charge is 2.06. The quantitative estimate of drug-likeness (QED) is 0.834. The van der Waals surface area contributed by atoms with Gasteiger partial charge in [-0.05, 0) is 24.3 Å². The maximum Gasteiger partial charge on any atom is 0.226 e. The molecule has 0 bridgehead atoms. The molecule has 3 N–H and O–H groups in total. The lowest BCUT2D eigenvalue weighted by atomic mass is 10.2. The van der Waals surface area contributed by atoms with Crippen LogP contribution in [0.25, 0.3) is 0 Å². The first-order valence-corrected chi connectivity index (χ1v) is 6.45. The predicted molar refractivity (Wildman–Crippen MR) is 77.8 cm³/mol. The lowest BCUT2D eigenvalue weighted by Gasteiger charge is -2.06. The summed E-state index contributed by atoms with van der Waals surface area (Å²) in [6.45, 7) is 0.639. The number of carbonyl (C=O) groups is 1. The van der Waals surface area contributed by atoms with Crippen molar-refractivity contribution in [2.75, 3.05) is 11.9 Å². The highest BCUT2D eigenvalue weighted by atomic mass is 19.1. The Morgan fingerprint density at radius 3 is 3.05 bits per heavy atom. The van der Waals surface area contributed by atoms with Crippen molar-refractivity contribution in [3.8, 4) is 11.8 Å². The number of nitrogens with zero attached hydrogens (tertiary/aromatic N) is 2. The molecule has 0 aliphatic rings. The number of benzene rings is 1. The first-order valence-electron chi connectivity index (χ1n) is 6.45. The van der Waals surface area contributed by atoms with Crippen LogP contribution in [0.15, 0.2) is 36.7 Å². The number of aromatic nitrogens is 2. The first kappa shape index (κ1) is 14.8. The molecule has 0 saturated heterocycles. The summed E-state index contributed by atoms with van der Waals surface area (Å²) in [6, 6.07) is 6.04. The van der Waals surface area contributed by atoms with E-state index in [1.807, 2.05) is 0 Å². The SMILES string of the molecule is NCC#Cc1cc(NC(=O)CCn2cccn2)ccc1F. The van der Waals surface area contributed by atoms with Gasteiger partial charge in [0.05, 0.1) is 12.1 Å². The van der Waals surface area contributed by atoms with Crippen molar-refractivity contribution in [1.82, 2.24) is 9.78 Å². The zero-order valence-corrected chi connectivity index (χ0v) is 11.3. The smallest absolute Gasteiger partial charge is 0.226 e. The molecule has 6 heteroatoms. The number of anilines is 1. The van der Waals surface area contributed by atoms with Crippen molar-refractivity contribution >= 4 is 11.6 Å². The van der Waals surface area contributed by atoms with Gasteiger partial charge in [0.25, 0.3) is 0 Å². The van der Waals surface area contributed by atoms with E-state index < -0.39 is 5.82 Å². The van der Waals surface area contributed by atoms with Crippen LogP contribution in [0.5, 0.6) is 0 Å². The molecule has 21 heavy (non-hydrogen) atoms. The van der Waals surface area contributed by atoms with E-state index in [4.69, 9.17) is 5.73 Å². The third-order valence-corrected chi connectivity index (χ3v) is 2.70. The molecule has 1 aromatic heterocycles. The number of carbonyl (C=O) groups excluding carboxylic acids is 1. The van der Waals surface area contributed by atoms with Gasteiger partial charge in [-0.1, -0.05) is 11.8 Å². The van der Waals surface area contributed by atoms with E-state index in [0.717, 1.165) is 0 Å². The minimum Gasteiger partial charge on any atom is -0.326 e. The zero-order valence-electron chi connectivity index (χ0n) is 11.3. The van der Waals surface area contributed by atoms with Gasteiger partial charge in [-0.15, -0.1) is 0 Å². The Hall–Kier alpha value is -2.65. The standard InChI is InChI=1S/C15H15FN4O/c16-14-5-4-13(11-12(14)3-1-7-17)19-15(21)6-10-20-9-2-8-18-20/h2,4-5,8-9,11H,6-7,10,17H2,(H,19,21). The van der Waals surface area contributed by atoms with Crippen LogP contribution in [-0.4, -0.2) is 22.2 Å². The number of nitrogens with two attached hydrogens (primary N) is 1. The molecule has 2 rings (SSSR count). The van der Waals surface area contributed by atoms with Gasteiger partial charge in [-0.3, -0.25) is 9.48 Å². The Morgan fingerprint density at radius 1 is 1.48 bits per heavy atom. The van der Waals surface area contributed by atoms with Crippen molar-refractivity contribution < 1.29 is 9.18 Å². The summed E-state index contributed by atoms with van der Waals surface area (Å²) in [7, 11) is 0. The summed E-state index contributed by atoms with van der Waals surface area (Å²) in [4.78, 5) is 11.8. The van der Waals surface area contributed by atoms with Gasteiger partial charge >= 0.3 is 0 Å². The summed E-state index contributed by atoms with van der Waals surface area (Å²) in [6.07, 6.45) is 3.72. The fourth-order valence-corrected chi connectivity index (χ4v) is 1.72. The summed E-state index contributed by atoms with van der Waals surface area (Å²) in [5.41, 5.74) is 5.97. The molecular formula is C15H15FN4O. The number of nitrogens with one attached hydrogen (secondary N) is 1. The second-order valence-corrected chi connectivity index (χ2v) is 4.27. The zero-order chi connectivity index (χ0) is 15.1. The molecule has 1 aromatic carbocycles. The Balaban J connectivity index is 1.97. The topological polar surface area (TPSA) is 72.9 Å². The number of halogens is 1. The van der Waals surface area contributed by atoms with E-state index in [2.05, 4.69) is 22.3 Å². The molecule has 5 nitrogen and oxygen atoms in total. The molecule has 0 fully saturated rings. The summed E-state index contributed by atoms with van der Waals surface area (Å²) in [5.74, 6) is 4.60. The van der Waals surface area contributed by atoms with Crippen LogP contribution in [0, 0.1) is 17.7 Å². The van der Waals surface area contributed by atoms with Crippen molar-refractivity contribution in [2.24, 2.45) is 5.73 Å². The van der Waals surface area contributed by atoms with Gasteiger partial charge < -0.3 is 11.1 Å². The summed E-state index contributed by atoms with van der Waals surface area (Å²) >= 11 is 0. The Morgan fingerprint density at radius 2 is 2.33 bits per heavy atom. The van der Waals surface area contributed by atoms with Gasteiger partial charge in [0.1, 0.15) is 5.82 Å². The van der Waals surface area contributed by atoms with Crippen LogP contribution in [0.3, 0.4) is 0 Å². The van der Waals surface area contributed by atoms with Crippen molar-refractivity contribution in [3.63, 3.8) is 0 Å². The number of hydrogen-bond donors (Lipinski definition) is 2. The maximum absolute atomic E-state index is 13.5. The number of amides is 1. The maximum atomic E-state index is 13.5. The molecule has 2 aromatic rings. The monoisotopic (exact) mass is 286 g/mol. The normalized spacial score (nSPS) is 9.81. The number of hydrogen-bond acceptors (Lipinski definition) is 3. The molecule has 0 unspecified atom stereocenters. The second-order valence-electron chi connectivity index (χ2n) is 4.27.